The molecule has 1 saturated carbocycles. The van der Waals surface area contributed by atoms with Gasteiger partial charge in [-0.2, -0.15) is 0 Å². The van der Waals surface area contributed by atoms with E-state index in [0.717, 1.165) is 41.5 Å². The third kappa shape index (κ3) is 4.08. The molecule has 0 bridgehead atoms. The summed E-state index contributed by atoms with van der Waals surface area (Å²) in [5.74, 6) is 0.739. The molecule has 0 aliphatic heterocycles. The van der Waals surface area contributed by atoms with E-state index >= 15 is 0 Å². The predicted molar refractivity (Wildman–Crippen MR) is 83.3 cm³/mol. The maximum absolute atomic E-state index is 10.5. The molecule has 0 spiro atoms. The van der Waals surface area contributed by atoms with Gasteiger partial charge in [-0.15, -0.1) is 11.3 Å². The molecular weight excluding hydrogens is 301 g/mol. The molecule has 0 radical (unpaired) electrons. The van der Waals surface area contributed by atoms with Crippen LogP contribution in [0.5, 0.6) is 0 Å². The van der Waals surface area contributed by atoms with E-state index in [1.807, 2.05) is 6.07 Å². The first-order chi connectivity index (χ1) is 8.89. The lowest BCUT2D eigenvalue weighted by Crippen LogP contribution is -2.44. The number of hydrogen-bond donors (Lipinski definition) is 2. The third-order valence-electron chi connectivity index (χ3n) is 4.09. The lowest BCUT2D eigenvalue weighted by atomic mass is 9.79. The molecule has 1 atom stereocenters. The van der Waals surface area contributed by atoms with E-state index in [0.29, 0.717) is 10.9 Å². The lowest BCUT2D eigenvalue weighted by Gasteiger charge is -2.36. The second-order valence-electron chi connectivity index (χ2n) is 5.79. The molecule has 0 aromatic carbocycles. The van der Waals surface area contributed by atoms with E-state index in [9.17, 15) is 5.11 Å². The van der Waals surface area contributed by atoms with E-state index in [1.54, 1.807) is 0 Å². The third-order valence-corrected chi connectivity index (χ3v) is 5.61. The first-order valence-electron chi connectivity index (χ1n) is 6.80. The van der Waals surface area contributed by atoms with Gasteiger partial charge >= 0.3 is 0 Å². The quantitative estimate of drug-likeness (QED) is 0.846. The molecule has 2 N–H and O–H groups in total. The first kappa shape index (κ1) is 15.6. The first-order valence-corrected chi connectivity index (χ1v) is 8.37. The molecule has 1 heterocycles. The minimum Gasteiger partial charge on any atom is -0.389 e. The normalized spacial score (nSPS) is 29.4. The molecule has 108 valence electrons. The minimum absolute atomic E-state index is 0.111. The zero-order valence-electron chi connectivity index (χ0n) is 11.4. The van der Waals surface area contributed by atoms with Crippen LogP contribution in [0, 0.1) is 5.92 Å². The molecule has 0 saturated heterocycles. The van der Waals surface area contributed by atoms with Crippen molar-refractivity contribution < 1.29 is 5.11 Å². The summed E-state index contributed by atoms with van der Waals surface area (Å²) in [5, 5.41) is 13.9. The zero-order valence-corrected chi connectivity index (χ0v) is 13.7. The van der Waals surface area contributed by atoms with E-state index in [-0.39, 0.29) is 6.04 Å². The molecule has 1 fully saturated rings. The molecular formula is C14H21Cl2NOS. The van der Waals surface area contributed by atoms with Crippen molar-refractivity contribution in [2.75, 3.05) is 6.54 Å². The van der Waals surface area contributed by atoms with Crippen molar-refractivity contribution in [3.8, 4) is 0 Å². The highest BCUT2D eigenvalue weighted by Crippen LogP contribution is 2.36. The van der Waals surface area contributed by atoms with Gasteiger partial charge < -0.3 is 10.4 Å². The van der Waals surface area contributed by atoms with E-state index in [1.165, 1.54) is 11.3 Å². The molecule has 0 amide bonds. The number of halogens is 2. The van der Waals surface area contributed by atoms with Gasteiger partial charge in [-0.1, -0.05) is 30.1 Å². The van der Waals surface area contributed by atoms with Crippen LogP contribution in [-0.4, -0.2) is 17.3 Å². The van der Waals surface area contributed by atoms with E-state index in [2.05, 4.69) is 19.2 Å². The van der Waals surface area contributed by atoms with Gasteiger partial charge in [-0.05, 0) is 50.2 Å². The average Bonchev–Trinajstić information content (AvgIpc) is 2.70. The fourth-order valence-corrected chi connectivity index (χ4v) is 4.22. The topological polar surface area (TPSA) is 32.3 Å². The van der Waals surface area contributed by atoms with Crippen LogP contribution in [0.2, 0.25) is 8.67 Å². The van der Waals surface area contributed by atoms with Crippen LogP contribution in [0.15, 0.2) is 6.07 Å². The van der Waals surface area contributed by atoms with Crippen molar-refractivity contribution in [3.05, 3.63) is 20.3 Å². The summed E-state index contributed by atoms with van der Waals surface area (Å²) in [6, 6.07) is 2.01. The van der Waals surface area contributed by atoms with Gasteiger partial charge in [0, 0.05) is 12.6 Å². The smallest absolute Gasteiger partial charge is 0.0991 e. The highest BCUT2D eigenvalue weighted by atomic mass is 35.5. The molecule has 5 heteroatoms. The van der Waals surface area contributed by atoms with Gasteiger partial charge in [-0.25, -0.2) is 0 Å². The fraction of sp³-hybridized carbons (Fsp3) is 0.714. The lowest BCUT2D eigenvalue weighted by molar-refractivity contribution is -0.00782. The Morgan fingerprint density at radius 3 is 2.63 bits per heavy atom. The summed E-state index contributed by atoms with van der Waals surface area (Å²) in [6.45, 7) is 4.92. The van der Waals surface area contributed by atoms with Crippen molar-refractivity contribution >= 4 is 34.5 Å². The van der Waals surface area contributed by atoms with Gasteiger partial charge in [0.1, 0.15) is 0 Å². The van der Waals surface area contributed by atoms with Crippen molar-refractivity contribution in [2.45, 2.75) is 51.2 Å². The second-order valence-corrected chi connectivity index (χ2v) is 8.07. The van der Waals surface area contributed by atoms with E-state index < -0.39 is 5.60 Å². The van der Waals surface area contributed by atoms with Crippen molar-refractivity contribution in [1.29, 1.82) is 0 Å². The second kappa shape index (κ2) is 6.31. The van der Waals surface area contributed by atoms with Crippen LogP contribution in [-0.2, 0) is 0 Å². The van der Waals surface area contributed by atoms with Crippen LogP contribution in [0.3, 0.4) is 0 Å². The van der Waals surface area contributed by atoms with E-state index in [4.69, 9.17) is 23.2 Å². The number of hydrogen-bond acceptors (Lipinski definition) is 3. The van der Waals surface area contributed by atoms with Crippen molar-refractivity contribution in [1.82, 2.24) is 5.32 Å². The van der Waals surface area contributed by atoms with Crippen LogP contribution in [0.25, 0.3) is 0 Å². The Labute approximate surface area is 129 Å². The Bertz CT molecular complexity index is 427. The summed E-state index contributed by atoms with van der Waals surface area (Å²) in [4.78, 5) is 0. The molecule has 1 unspecified atom stereocenters. The van der Waals surface area contributed by atoms with Gasteiger partial charge in [0.25, 0.3) is 0 Å². The van der Waals surface area contributed by atoms with Gasteiger partial charge in [0.2, 0.25) is 0 Å². The molecule has 1 aromatic heterocycles. The van der Waals surface area contributed by atoms with Crippen molar-refractivity contribution in [2.24, 2.45) is 5.92 Å². The van der Waals surface area contributed by atoms with Crippen LogP contribution in [0.1, 0.15) is 51.1 Å². The Morgan fingerprint density at radius 2 is 2.11 bits per heavy atom. The SMILES string of the molecule is CC1CCC(O)(CNC(C)c2cc(Cl)sc2Cl)CC1. The molecule has 1 aliphatic rings. The maximum atomic E-state index is 10.5. The van der Waals surface area contributed by atoms with Crippen molar-refractivity contribution in [3.63, 3.8) is 0 Å². The summed E-state index contributed by atoms with van der Waals surface area (Å²) < 4.78 is 1.44. The fourth-order valence-electron chi connectivity index (χ4n) is 2.58. The largest absolute Gasteiger partial charge is 0.389 e. The Balaban J connectivity index is 1.90. The molecule has 1 aliphatic carbocycles. The molecule has 1 aromatic rings. The van der Waals surface area contributed by atoms with Gasteiger partial charge in [0.15, 0.2) is 0 Å². The Kier molecular flexibility index (Phi) is 5.18. The van der Waals surface area contributed by atoms with Gasteiger partial charge in [0.05, 0.1) is 14.3 Å². The number of rotatable bonds is 4. The Hall–Kier alpha value is 0.200. The number of nitrogens with one attached hydrogen (secondary N) is 1. The summed E-state index contributed by atoms with van der Waals surface area (Å²) in [6.07, 6.45) is 3.98. The predicted octanol–water partition coefficient (Wildman–Crippen LogP) is 4.65. The van der Waals surface area contributed by atoms with Crippen LogP contribution >= 0.6 is 34.5 Å². The highest BCUT2D eigenvalue weighted by Gasteiger charge is 2.32. The Morgan fingerprint density at radius 1 is 1.47 bits per heavy atom. The number of aliphatic hydroxyl groups is 1. The standard InChI is InChI=1S/C14H21Cl2NOS/c1-9-3-5-14(18,6-4-9)8-17-10(2)11-7-12(15)19-13(11)16/h7,9-10,17-18H,3-6,8H2,1-2H3. The minimum atomic E-state index is -0.562. The summed E-state index contributed by atoms with van der Waals surface area (Å²) in [7, 11) is 0. The molecule has 19 heavy (non-hydrogen) atoms. The highest BCUT2D eigenvalue weighted by molar-refractivity contribution is 7.20. The maximum Gasteiger partial charge on any atom is 0.0991 e. The zero-order chi connectivity index (χ0) is 14.0. The summed E-state index contributed by atoms with van der Waals surface area (Å²) >= 11 is 13.5. The van der Waals surface area contributed by atoms with Crippen LogP contribution in [0.4, 0.5) is 0 Å². The average molecular weight is 322 g/mol. The number of thiophene rings is 1. The van der Waals surface area contributed by atoms with Gasteiger partial charge in [-0.3, -0.25) is 0 Å². The summed E-state index contributed by atoms with van der Waals surface area (Å²) in [5.41, 5.74) is 0.456. The van der Waals surface area contributed by atoms with Crippen LogP contribution < -0.4 is 5.32 Å². The molecule has 2 nitrogen and oxygen atoms in total. The molecule has 2 rings (SSSR count). The monoisotopic (exact) mass is 321 g/mol.